The number of ether oxygens (including phenoxy) is 3. The number of phosphoric acid groups is 1. The lowest BCUT2D eigenvalue weighted by Gasteiger charge is -2.20. The summed E-state index contributed by atoms with van der Waals surface area (Å²) in [7, 11) is -2.44. The zero-order valence-electron chi connectivity index (χ0n) is 27.5. The maximum absolute atomic E-state index is 12.8. The van der Waals surface area contributed by atoms with Crippen molar-refractivity contribution in [3.05, 3.63) is 72.8 Å². The largest absolute Gasteiger partial charge is 0.527 e. The predicted octanol–water partition coefficient (Wildman–Crippen LogP) is 8.03. The first kappa shape index (κ1) is 36.6. The summed E-state index contributed by atoms with van der Waals surface area (Å²) in [5.41, 5.74) is 0.927. The maximum Gasteiger partial charge on any atom is 0.527 e. The van der Waals surface area contributed by atoms with Gasteiger partial charge in [-0.2, -0.15) is 0 Å². The van der Waals surface area contributed by atoms with Crippen LogP contribution in [-0.2, 0) is 27.4 Å². The molecule has 0 aliphatic rings. The van der Waals surface area contributed by atoms with E-state index in [-0.39, 0.29) is 19.0 Å². The van der Waals surface area contributed by atoms with Crippen molar-refractivity contribution in [2.24, 2.45) is 7.05 Å². The fourth-order valence-electron chi connectivity index (χ4n) is 4.87. The monoisotopic (exact) mass is 645 g/mol. The van der Waals surface area contributed by atoms with Gasteiger partial charge in [-0.15, -0.1) is 0 Å². The number of aryl methyl sites for hydroxylation is 1. The van der Waals surface area contributed by atoms with Crippen molar-refractivity contribution in [2.75, 3.05) is 26.4 Å². The first-order chi connectivity index (χ1) is 21.9. The van der Waals surface area contributed by atoms with E-state index < -0.39 is 13.9 Å². The molecular formula is C35H54N2O7P+. The van der Waals surface area contributed by atoms with Crippen molar-refractivity contribution in [1.29, 1.82) is 0 Å². The molecule has 2 atom stereocenters. The zero-order chi connectivity index (χ0) is 32.2. The number of phosphoric ester groups is 1. The van der Waals surface area contributed by atoms with Gasteiger partial charge >= 0.3 is 7.82 Å². The van der Waals surface area contributed by atoms with Crippen molar-refractivity contribution in [1.82, 2.24) is 4.57 Å². The van der Waals surface area contributed by atoms with Crippen LogP contribution in [0.3, 0.4) is 0 Å². The van der Waals surface area contributed by atoms with Gasteiger partial charge in [-0.25, -0.2) is 13.7 Å². The van der Waals surface area contributed by atoms with E-state index in [1.165, 1.54) is 57.8 Å². The van der Waals surface area contributed by atoms with E-state index in [0.29, 0.717) is 25.5 Å². The molecule has 45 heavy (non-hydrogen) atoms. The van der Waals surface area contributed by atoms with E-state index in [0.717, 1.165) is 24.2 Å². The smallest absolute Gasteiger partial charge is 0.494 e. The van der Waals surface area contributed by atoms with Gasteiger partial charge in [0.05, 0.1) is 20.3 Å². The Morgan fingerprint density at radius 3 is 2.11 bits per heavy atom. The van der Waals surface area contributed by atoms with Crippen LogP contribution < -0.4 is 18.6 Å². The first-order valence-corrected chi connectivity index (χ1v) is 18.1. The van der Waals surface area contributed by atoms with Crippen molar-refractivity contribution in [2.45, 2.75) is 97.1 Å². The Morgan fingerprint density at radius 1 is 0.800 bits per heavy atom. The summed E-state index contributed by atoms with van der Waals surface area (Å²) in [6.07, 6.45) is 19.1. The van der Waals surface area contributed by atoms with Gasteiger partial charge in [-0.3, -0.25) is 9.42 Å². The molecule has 1 N–H and O–H groups in total. The van der Waals surface area contributed by atoms with E-state index in [4.69, 9.17) is 23.3 Å². The summed E-state index contributed by atoms with van der Waals surface area (Å²) >= 11 is 0. The second-order valence-electron chi connectivity index (χ2n) is 11.6. The van der Waals surface area contributed by atoms with Crippen LogP contribution in [0, 0.1) is 0 Å². The molecular weight excluding hydrogens is 591 g/mol. The summed E-state index contributed by atoms with van der Waals surface area (Å²) in [5, 5.41) is 0. The Kier molecular flexibility index (Phi) is 17.1. The van der Waals surface area contributed by atoms with Crippen molar-refractivity contribution >= 4 is 7.82 Å². The molecule has 3 rings (SSSR count). The second-order valence-corrected chi connectivity index (χ2v) is 12.9. The van der Waals surface area contributed by atoms with Gasteiger partial charge in [0.15, 0.2) is 0 Å². The van der Waals surface area contributed by atoms with E-state index in [9.17, 15) is 9.46 Å². The molecule has 3 aromatic rings. The topological polar surface area (TPSA) is 92.3 Å². The Morgan fingerprint density at radius 2 is 1.47 bits per heavy atom. The lowest BCUT2D eigenvalue weighted by atomic mass is 10.1. The first-order valence-electron chi connectivity index (χ1n) is 16.6. The molecule has 0 amide bonds. The molecule has 0 saturated heterocycles. The highest BCUT2D eigenvalue weighted by Gasteiger charge is 2.26. The fourth-order valence-corrected chi connectivity index (χ4v) is 5.66. The number of hydrogen-bond acceptors (Lipinski definition) is 6. The number of imidazole rings is 1. The quantitative estimate of drug-likeness (QED) is 0.0567. The molecule has 0 aliphatic carbocycles. The Balaban J connectivity index is 1.36. The van der Waals surface area contributed by atoms with Crippen LogP contribution in [0.15, 0.2) is 67.3 Å². The summed E-state index contributed by atoms with van der Waals surface area (Å²) in [6.45, 7) is 6.03. The molecule has 0 saturated carbocycles. The zero-order valence-corrected chi connectivity index (χ0v) is 28.4. The van der Waals surface area contributed by atoms with E-state index in [2.05, 4.69) is 6.92 Å². The molecule has 0 bridgehead atoms. The van der Waals surface area contributed by atoms with Gasteiger partial charge < -0.3 is 18.7 Å². The second kappa shape index (κ2) is 21.0. The van der Waals surface area contributed by atoms with E-state index in [1.807, 2.05) is 72.2 Å². The van der Waals surface area contributed by atoms with Gasteiger partial charge in [0.1, 0.15) is 48.9 Å². The average Bonchev–Trinajstić information content (AvgIpc) is 3.44. The van der Waals surface area contributed by atoms with Gasteiger partial charge in [-0.05, 0) is 54.8 Å². The van der Waals surface area contributed by atoms with Gasteiger partial charge in [0.25, 0.3) is 0 Å². The third-order valence-electron chi connectivity index (χ3n) is 7.32. The summed E-state index contributed by atoms with van der Waals surface area (Å²) in [4.78, 5) is 10.4. The molecule has 10 heteroatoms. The summed E-state index contributed by atoms with van der Waals surface area (Å²) in [5.74, 6) is 1.72. The number of unbranched alkanes of at least 4 members (excludes halogenated alkanes) is 9. The van der Waals surface area contributed by atoms with Crippen LogP contribution in [-0.4, -0.2) is 42.0 Å². The lowest BCUT2D eigenvalue weighted by Crippen LogP contribution is -2.27. The third kappa shape index (κ3) is 15.8. The molecule has 2 aromatic carbocycles. The molecule has 0 aliphatic heterocycles. The van der Waals surface area contributed by atoms with Crippen LogP contribution in [0.5, 0.6) is 17.2 Å². The highest BCUT2D eigenvalue weighted by Crippen LogP contribution is 2.44. The van der Waals surface area contributed by atoms with Gasteiger partial charge in [0, 0.05) is 6.61 Å². The third-order valence-corrected chi connectivity index (χ3v) is 8.23. The highest BCUT2D eigenvalue weighted by atomic mass is 31.2. The van der Waals surface area contributed by atoms with Crippen molar-refractivity contribution in [3.8, 4) is 17.2 Å². The van der Waals surface area contributed by atoms with Gasteiger partial charge in [0.2, 0.25) is 6.33 Å². The van der Waals surface area contributed by atoms with Crippen LogP contribution in [0.25, 0.3) is 0 Å². The number of rotatable bonds is 25. The fraction of sp³-hybridized carbons (Fsp3) is 0.571. The summed E-state index contributed by atoms with van der Waals surface area (Å²) < 4.78 is 45.0. The highest BCUT2D eigenvalue weighted by molar-refractivity contribution is 7.47. The van der Waals surface area contributed by atoms with Crippen LogP contribution in [0.4, 0.5) is 0 Å². The van der Waals surface area contributed by atoms with Crippen LogP contribution in [0.1, 0.15) is 90.0 Å². The molecule has 9 nitrogen and oxygen atoms in total. The molecule has 0 radical (unpaired) electrons. The standard InChI is InChI=1S/C35H53N2O7P/c1-4-6-7-8-9-10-11-12-13-14-25-41-32-18-20-33(21-19-32)42-28-35(40-24-5-2)29-43-45(38,39)44-34-17-15-16-31(26-34)27-37-23-22-36(3)30-37/h15-23,26,30,35H,4-14,24-25,27-29H2,1-3H3/p+1. The van der Waals surface area contributed by atoms with E-state index >= 15 is 0 Å². The Bertz CT molecular complexity index is 1250. The molecule has 1 aromatic heterocycles. The average molecular weight is 646 g/mol. The van der Waals surface area contributed by atoms with Crippen LogP contribution >= 0.6 is 7.82 Å². The van der Waals surface area contributed by atoms with Gasteiger partial charge in [-0.1, -0.05) is 83.8 Å². The van der Waals surface area contributed by atoms with E-state index in [1.54, 1.807) is 18.2 Å². The Labute approximate surface area is 270 Å². The minimum atomic E-state index is -4.39. The number of benzene rings is 2. The van der Waals surface area contributed by atoms with Crippen molar-refractivity contribution in [3.63, 3.8) is 0 Å². The molecule has 0 spiro atoms. The number of aromatic nitrogens is 2. The normalized spacial score (nSPS) is 13.3. The minimum absolute atomic E-state index is 0.155. The molecule has 2 unspecified atom stereocenters. The van der Waals surface area contributed by atoms with Crippen LogP contribution in [0.2, 0.25) is 0 Å². The Hall–Kier alpha value is -2.84. The SMILES string of the molecule is CCCCCCCCCCCCOc1ccc(OCC(COP(=O)(O)Oc2cccc(Cn3cc[n+](C)c3)c2)OCCC)cc1. The maximum atomic E-state index is 12.8. The molecule has 1 heterocycles. The molecule has 250 valence electrons. The minimum Gasteiger partial charge on any atom is -0.494 e. The predicted molar refractivity (Wildman–Crippen MR) is 177 cm³/mol. The number of nitrogens with zero attached hydrogens (tertiary/aromatic N) is 2. The number of hydrogen-bond donors (Lipinski definition) is 1. The van der Waals surface area contributed by atoms with Crippen molar-refractivity contribution < 1.29 is 37.3 Å². The molecule has 0 fully saturated rings. The lowest BCUT2D eigenvalue weighted by molar-refractivity contribution is -0.671. The summed E-state index contributed by atoms with van der Waals surface area (Å²) in [6, 6.07) is 14.6.